The number of nitrogens with one attached hydrogen (secondary N) is 2. The standard InChI is InChI=1S/C18H27FN6/c1-20-18(21-9-5-11-25-12-6-10-23-25)22-14-17(24(2)3)15-7-4-8-16(19)13-15/h4,6-8,10,12-13,17H,5,9,11,14H2,1-3H3,(H2,20,21,22). The molecule has 0 amide bonds. The minimum absolute atomic E-state index is 0.0540. The second-order valence-corrected chi connectivity index (χ2v) is 6.04. The van der Waals surface area contributed by atoms with Crippen LogP contribution in [0.3, 0.4) is 0 Å². The Balaban J connectivity index is 1.81. The van der Waals surface area contributed by atoms with Crippen LogP contribution in [0.1, 0.15) is 18.0 Å². The number of benzene rings is 1. The van der Waals surface area contributed by atoms with E-state index in [1.807, 2.05) is 37.1 Å². The third-order valence-electron chi connectivity index (χ3n) is 3.96. The van der Waals surface area contributed by atoms with Crippen LogP contribution in [0.5, 0.6) is 0 Å². The molecule has 0 fully saturated rings. The molecule has 0 aliphatic carbocycles. The maximum atomic E-state index is 13.5. The highest BCUT2D eigenvalue weighted by molar-refractivity contribution is 5.79. The highest BCUT2D eigenvalue weighted by Crippen LogP contribution is 2.18. The Morgan fingerprint density at radius 3 is 2.80 bits per heavy atom. The SMILES string of the molecule is CN=C(NCCCn1cccn1)NCC(c1cccc(F)c1)N(C)C. The number of aryl methyl sites for hydroxylation is 1. The number of likely N-dealkylation sites (N-methyl/N-ethyl adjacent to an activating group) is 1. The van der Waals surface area contributed by atoms with E-state index < -0.39 is 0 Å². The third-order valence-corrected chi connectivity index (χ3v) is 3.96. The number of nitrogens with zero attached hydrogens (tertiary/aromatic N) is 4. The van der Waals surface area contributed by atoms with E-state index in [1.165, 1.54) is 6.07 Å². The lowest BCUT2D eigenvalue weighted by atomic mass is 10.1. The van der Waals surface area contributed by atoms with Crippen molar-refractivity contribution in [3.05, 3.63) is 54.1 Å². The number of hydrogen-bond acceptors (Lipinski definition) is 3. The molecule has 6 nitrogen and oxygen atoms in total. The Kier molecular flexibility index (Phi) is 7.40. The summed E-state index contributed by atoms with van der Waals surface area (Å²) in [6, 6.07) is 8.69. The normalized spacial score (nSPS) is 13.1. The predicted molar refractivity (Wildman–Crippen MR) is 99.0 cm³/mol. The van der Waals surface area contributed by atoms with Crippen molar-refractivity contribution in [3.8, 4) is 0 Å². The molecule has 1 heterocycles. The van der Waals surface area contributed by atoms with E-state index in [1.54, 1.807) is 25.4 Å². The van der Waals surface area contributed by atoms with Gasteiger partial charge in [-0.05, 0) is 44.3 Å². The quantitative estimate of drug-likeness (QED) is 0.435. The monoisotopic (exact) mass is 346 g/mol. The zero-order chi connectivity index (χ0) is 18.1. The number of halogens is 1. The topological polar surface area (TPSA) is 57.5 Å². The van der Waals surface area contributed by atoms with Crippen molar-refractivity contribution in [1.82, 2.24) is 25.3 Å². The number of hydrogen-bond donors (Lipinski definition) is 2. The molecule has 1 atom stereocenters. The Labute approximate surface area is 148 Å². The van der Waals surface area contributed by atoms with Crippen LogP contribution in [0, 0.1) is 5.82 Å². The van der Waals surface area contributed by atoms with Gasteiger partial charge in [0.2, 0.25) is 0 Å². The van der Waals surface area contributed by atoms with Gasteiger partial charge in [0.05, 0.1) is 6.04 Å². The molecule has 2 rings (SSSR count). The molecule has 7 heteroatoms. The fourth-order valence-corrected chi connectivity index (χ4v) is 2.61. The molecule has 0 saturated heterocycles. The molecule has 0 spiro atoms. The van der Waals surface area contributed by atoms with E-state index in [2.05, 4.69) is 25.6 Å². The third kappa shape index (κ3) is 6.19. The highest BCUT2D eigenvalue weighted by Gasteiger charge is 2.15. The maximum Gasteiger partial charge on any atom is 0.191 e. The van der Waals surface area contributed by atoms with Gasteiger partial charge < -0.3 is 15.5 Å². The summed E-state index contributed by atoms with van der Waals surface area (Å²) in [7, 11) is 5.71. The second kappa shape index (κ2) is 9.78. The van der Waals surface area contributed by atoms with Gasteiger partial charge in [-0.3, -0.25) is 9.67 Å². The van der Waals surface area contributed by atoms with Crippen LogP contribution in [-0.2, 0) is 6.54 Å². The van der Waals surface area contributed by atoms with Crippen LogP contribution >= 0.6 is 0 Å². The Bertz CT molecular complexity index is 653. The molecule has 25 heavy (non-hydrogen) atoms. The van der Waals surface area contributed by atoms with Crippen molar-refractivity contribution in [2.45, 2.75) is 19.0 Å². The zero-order valence-corrected chi connectivity index (χ0v) is 15.1. The van der Waals surface area contributed by atoms with Crippen molar-refractivity contribution in [2.24, 2.45) is 4.99 Å². The molecular formula is C18H27FN6. The molecule has 136 valence electrons. The van der Waals surface area contributed by atoms with Gasteiger partial charge in [-0.2, -0.15) is 5.10 Å². The lowest BCUT2D eigenvalue weighted by molar-refractivity contribution is 0.297. The van der Waals surface area contributed by atoms with Gasteiger partial charge in [0.25, 0.3) is 0 Å². The van der Waals surface area contributed by atoms with Crippen LogP contribution in [-0.4, -0.2) is 54.9 Å². The van der Waals surface area contributed by atoms with Crippen LogP contribution in [0.4, 0.5) is 4.39 Å². The summed E-state index contributed by atoms with van der Waals surface area (Å²) in [5.41, 5.74) is 0.937. The van der Waals surface area contributed by atoms with E-state index in [0.29, 0.717) is 6.54 Å². The van der Waals surface area contributed by atoms with E-state index in [0.717, 1.165) is 31.0 Å². The summed E-state index contributed by atoms with van der Waals surface area (Å²) >= 11 is 0. The number of aromatic nitrogens is 2. The first-order valence-electron chi connectivity index (χ1n) is 8.44. The van der Waals surface area contributed by atoms with Crippen molar-refractivity contribution >= 4 is 5.96 Å². The minimum atomic E-state index is -0.217. The summed E-state index contributed by atoms with van der Waals surface area (Å²) in [5, 5.41) is 10.8. The number of guanidine groups is 1. The largest absolute Gasteiger partial charge is 0.356 e. The summed E-state index contributed by atoms with van der Waals surface area (Å²) in [4.78, 5) is 6.31. The first kappa shape index (κ1) is 18.9. The van der Waals surface area contributed by atoms with Crippen LogP contribution in [0.15, 0.2) is 47.7 Å². The Hall–Kier alpha value is -2.41. The summed E-state index contributed by atoms with van der Waals surface area (Å²) < 4.78 is 15.4. The molecular weight excluding hydrogens is 319 g/mol. The summed E-state index contributed by atoms with van der Waals surface area (Å²) in [6.45, 7) is 2.29. The van der Waals surface area contributed by atoms with Crippen molar-refractivity contribution < 1.29 is 4.39 Å². The zero-order valence-electron chi connectivity index (χ0n) is 15.1. The smallest absolute Gasteiger partial charge is 0.191 e. The summed E-state index contributed by atoms with van der Waals surface area (Å²) in [6.07, 6.45) is 4.68. The van der Waals surface area contributed by atoms with Gasteiger partial charge in [0, 0.05) is 39.1 Å². The van der Waals surface area contributed by atoms with Crippen molar-refractivity contribution in [2.75, 3.05) is 34.2 Å². The van der Waals surface area contributed by atoms with E-state index >= 15 is 0 Å². The summed E-state index contributed by atoms with van der Waals surface area (Å²) in [5.74, 6) is 0.522. The molecule has 1 unspecified atom stereocenters. The van der Waals surface area contributed by atoms with Gasteiger partial charge in [0.15, 0.2) is 5.96 Å². The van der Waals surface area contributed by atoms with Crippen LogP contribution < -0.4 is 10.6 Å². The molecule has 0 radical (unpaired) electrons. The van der Waals surface area contributed by atoms with Crippen LogP contribution in [0.2, 0.25) is 0 Å². The minimum Gasteiger partial charge on any atom is -0.356 e. The van der Waals surface area contributed by atoms with Crippen molar-refractivity contribution in [3.63, 3.8) is 0 Å². The molecule has 0 saturated carbocycles. The molecule has 2 aromatic rings. The molecule has 0 bridgehead atoms. The fourth-order valence-electron chi connectivity index (χ4n) is 2.61. The molecule has 0 aliphatic rings. The average molecular weight is 346 g/mol. The average Bonchev–Trinajstić information content (AvgIpc) is 3.10. The maximum absolute atomic E-state index is 13.5. The fraction of sp³-hybridized carbons (Fsp3) is 0.444. The van der Waals surface area contributed by atoms with Gasteiger partial charge in [-0.15, -0.1) is 0 Å². The van der Waals surface area contributed by atoms with Gasteiger partial charge >= 0.3 is 0 Å². The van der Waals surface area contributed by atoms with E-state index in [-0.39, 0.29) is 11.9 Å². The lowest BCUT2D eigenvalue weighted by Crippen LogP contribution is -2.42. The highest BCUT2D eigenvalue weighted by atomic mass is 19.1. The first-order valence-corrected chi connectivity index (χ1v) is 8.44. The van der Waals surface area contributed by atoms with Gasteiger partial charge in [-0.1, -0.05) is 12.1 Å². The molecule has 1 aromatic carbocycles. The van der Waals surface area contributed by atoms with Crippen molar-refractivity contribution in [1.29, 1.82) is 0 Å². The Morgan fingerprint density at radius 2 is 2.16 bits per heavy atom. The molecule has 2 N–H and O–H groups in total. The van der Waals surface area contributed by atoms with Gasteiger partial charge in [0.1, 0.15) is 5.82 Å². The first-order chi connectivity index (χ1) is 12.1. The Morgan fingerprint density at radius 1 is 1.32 bits per heavy atom. The number of rotatable bonds is 8. The molecule has 1 aromatic heterocycles. The van der Waals surface area contributed by atoms with Gasteiger partial charge in [-0.25, -0.2) is 4.39 Å². The predicted octanol–water partition coefficient (Wildman–Crippen LogP) is 1.88. The van der Waals surface area contributed by atoms with E-state index in [4.69, 9.17) is 0 Å². The van der Waals surface area contributed by atoms with E-state index in [9.17, 15) is 4.39 Å². The van der Waals surface area contributed by atoms with Crippen LogP contribution in [0.25, 0.3) is 0 Å². The molecule has 0 aliphatic heterocycles. The number of aliphatic imine (C=N–C) groups is 1. The lowest BCUT2D eigenvalue weighted by Gasteiger charge is -2.26. The second-order valence-electron chi connectivity index (χ2n) is 6.04.